The van der Waals surface area contributed by atoms with E-state index in [0.717, 1.165) is 6.08 Å². The average molecular weight is 1060 g/mol. The van der Waals surface area contributed by atoms with Crippen molar-refractivity contribution in [2.45, 2.75) is 184 Å². The molecular weight excluding hydrogens is 990 g/mol. The summed E-state index contributed by atoms with van der Waals surface area (Å²) in [5, 5.41) is 189. The van der Waals surface area contributed by atoms with E-state index in [9.17, 15) is 91.6 Å². The van der Waals surface area contributed by atoms with Gasteiger partial charge in [-0.05, 0) is 6.08 Å². The summed E-state index contributed by atoms with van der Waals surface area (Å²) in [6.45, 7) is -3.48. The van der Waals surface area contributed by atoms with Crippen LogP contribution in [0, 0.1) is 0 Å². The Morgan fingerprint density at radius 2 is 0.583 bits per heavy atom. The number of ether oxygens (including phenoxy) is 13. The van der Waals surface area contributed by atoms with Crippen molar-refractivity contribution in [2.75, 3.05) is 46.4 Å². The molecule has 0 aromatic carbocycles. The number of aliphatic hydroxyl groups excluding tert-OH is 17. The molecule has 32 heteroatoms. The number of nitrogens with one attached hydrogen (secondary N) is 1. The van der Waals surface area contributed by atoms with E-state index in [2.05, 4.69) is 11.9 Å². The summed E-state index contributed by atoms with van der Waals surface area (Å²) in [5.74, 6) is -0.760. The quantitative estimate of drug-likeness (QED) is 0.0713. The summed E-state index contributed by atoms with van der Waals surface area (Å²) >= 11 is 0. The standard InChI is InChI=1S/C40H65NO31/c1-2-16(48)41-9-60-34-27(59)40-66-15(8-47)33(34)72-39-26(58)21(53)31(13(6-45)65-39)70-37-24(56)19(51)29(11(4-43)63-37)68-35-22(54)17(49)28(10(3-42)61-35)67-36-23(55)18(50)30(12(5-44)62-36)69-38-25(57)20(52)32(71-40)14(7-46)64-38/h2,10-15,17-40,42-47,49-59H,1,3-9H2,(H,41,48)/t10-,11-,12-,13-,14-,15-,17-,18-,19-,20-,21-,22-,23-,24-,25-,26-,27-,28-,29-,30-,31-,32-,33+,34-,35-,36-,37-,38-,39-,40-/m1/s1. The maximum absolute atomic E-state index is 12.0. The van der Waals surface area contributed by atoms with Gasteiger partial charge in [-0.1, -0.05) is 6.58 Å². The second-order valence-corrected chi connectivity index (χ2v) is 17.9. The van der Waals surface area contributed by atoms with Crippen molar-refractivity contribution in [1.82, 2.24) is 5.32 Å². The molecule has 0 aromatic heterocycles. The Balaban J connectivity index is 1.22. The van der Waals surface area contributed by atoms with Gasteiger partial charge in [-0.2, -0.15) is 0 Å². The molecular formula is C40H65NO31. The summed E-state index contributed by atoms with van der Waals surface area (Å²) in [5.41, 5.74) is 0. The Kier molecular flexibility index (Phi) is 20.0. The van der Waals surface area contributed by atoms with Gasteiger partial charge in [0.05, 0.1) is 39.6 Å². The van der Waals surface area contributed by atoms with Crippen LogP contribution in [0.3, 0.4) is 0 Å². The number of rotatable bonds is 10. The van der Waals surface area contributed by atoms with E-state index in [-0.39, 0.29) is 0 Å². The van der Waals surface area contributed by atoms with Crippen LogP contribution in [0.5, 0.6) is 0 Å². The van der Waals surface area contributed by atoms with Crippen LogP contribution in [0.2, 0.25) is 0 Å². The zero-order chi connectivity index (χ0) is 52.5. The SMILES string of the molecule is C=CC(=O)NCO[C@@H]1[C@@H](O)[C@H]2O[C@H]3[C@H](O)[C@@H](O)[C@@H](O[C@H]4[C@H](O)[C@@H](O)[C@@H](O[C@H]5[C@H](O)[C@@H](O)[C@@H](O[C@H]6[C@H](O)[C@@H](O)[C@@H](O[C@H]7[C@H](O)[C@@H](O)[C@@H](O[C@H]1[C@@H](CO)O2)O[C@@H]7CO)O[C@@H]6CO)O[C@@H]5CO)O[C@@H]4CO)O[C@@H]3CO. The third kappa shape index (κ3) is 11.6. The Bertz CT molecular complexity index is 1720. The summed E-state index contributed by atoms with van der Waals surface area (Å²) in [4.78, 5) is 12.0. The number of aliphatic hydroxyl groups is 17. The van der Waals surface area contributed by atoms with E-state index < -0.39 is 237 Å². The molecule has 12 bridgehead atoms. The van der Waals surface area contributed by atoms with Gasteiger partial charge >= 0.3 is 0 Å². The van der Waals surface area contributed by atoms with Gasteiger partial charge in [0.15, 0.2) is 37.7 Å². The largest absolute Gasteiger partial charge is 0.394 e. The lowest BCUT2D eigenvalue weighted by Gasteiger charge is -2.51. The predicted octanol–water partition coefficient (Wildman–Crippen LogP) is -12.8. The molecule has 30 atom stereocenters. The third-order valence-electron chi connectivity index (χ3n) is 13.4. The molecule has 72 heavy (non-hydrogen) atoms. The second-order valence-electron chi connectivity index (χ2n) is 17.9. The van der Waals surface area contributed by atoms with Gasteiger partial charge in [0.25, 0.3) is 0 Å². The third-order valence-corrected chi connectivity index (χ3v) is 13.4. The fourth-order valence-corrected chi connectivity index (χ4v) is 9.38. The first-order valence-corrected chi connectivity index (χ1v) is 22.9. The molecule has 32 nitrogen and oxygen atoms in total. The minimum absolute atomic E-state index is 0.710. The van der Waals surface area contributed by atoms with Gasteiger partial charge in [0.1, 0.15) is 153 Å². The molecule has 22 heterocycles. The molecule has 22 rings (SSSR count). The Morgan fingerprint density at radius 1 is 0.361 bits per heavy atom. The predicted molar refractivity (Wildman–Crippen MR) is 218 cm³/mol. The summed E-state index contributed by atoms with van der Waals surface area (Å²) in [7, 11) is 0. The Labute approximate surface area is 407 Å². The molecule has 22 fully saturated rings. The molecule has 0 spiro atoms. The molecule has 0 aliphatic carbocycles. The van der Waals surface area contributed by atoms with Crippen LogP contribution >= 0.6 is 0 Å². The van der Waals surface area contributed by atoms with E-state index in [1.807, 2.05) is 0 Å². The second kappa shape index (κ2) is 25.0. The van der Waals surface area contributed by atoms with Crippen LogP contribution in [0.25, 0.3) is 0 Å². The zero-order valence-corrected chi connectivity index (χ0v) is 37.9. The van der Waals surface area contributed by atoms with Crippen molar-refractivity contribution >= 4 is 5.91 Å². The first-order chi connectivity index (χ1) is 34.4. The molecule has 0 aromatic rings. The lowest BCUT2D eigenvalue weighted by atomic mass is 9.94. The first-order valence-electron chi connectivity index (χ1n) is 22.9. The number of hydrogen-bond donors (Lipinski definition) is 18. The van der Waals surface area contributed by atoms with Crippen LogP contribution in [-0.2, 0) is 66.4 Å². The van der Waals surface area contributed by atoms with Crippen LogP contribution in [0.4, 0.5) is 0 Å². The van der Waals surface area contributed by atoms with E-state index >= 15 is 0 Å². The number of carbonyl (C=O) groups is 1. The van der Waals surface area contributed by atoms with Crippen LogP contribution < -0.4 is 5.32 Å². The summed E-state index contributed by atoms with van der Waals surface area (Å²) in [6.07, 6.45) is -57.8. The molecule has 0 radical (unpaired) electrons. The Morgan fingerprint density at radius 3 is 0.819 bits per heavy atom. The van der Waals surface area contributed by atoms with Crippen molar-refractivity contribution in [2.24, 2.45) is 0 Å². The van der Waals surface area contributed by atoms with Crippen LogP contribution in [0.1, 0.15) is 0 Å². The number of amides is 1. The molecule has 416 valence electrons. The average Bonchev–Trinajstić information content (AvgIpc) is 3.37. The highest BCUT2D eigenvalue weighted by molar-refractivity contribution is 5.86. The molecule has 22 saturated heterocycles. The fraction of sp³-hybridized carbons (Fsp3) is 0.925. The zero-order valence-electron chi connectivity index (χ0n) is 37.9. The Hall–Kier alpha value is -1.99. The highest BCUT2D eigenvalue weighted by Gasteiger charge is 2.59. The number of carbonyl (C=O) groups excluding carboxylic acids is 1. The van der Waals surface area contributed by atoms with E-state index in [1.54, 1.807) is 0 Å². The van der Waals surface area contributed by atoms with Crippen molar-refractivity contribution in [3.63, 3.8) is 0 Å². The van der Waals surface area contributed by atoms with Crippen molar-refractivity contribution in [1.29, 1.82) is 0 Å². The van der Waals surface area contributed by atoms with Crippen LogP contribution in [-0.4, -0.2) is 323 Å². The highest BCUT2D eigenvalue weighted by Crippen LogP contribution is 2.38. The molecule has 22 aliphatic heterocycles. The molecule has 18 N–H and O–H groups in total. The van der Waals surface area contributed by atoms with Gasteiger partial charge in [-0.25, -0.2) is 0 Å². The van der Waals surface area contributed by atoms with Gasteiger partial charge in [-0.15, -0.1) is 0 Å². The minimum Gasteiger partial charge on any atom is -0.394 e. The normalized spacial score (nSPS) is 51.6. The maximum Gasteiger partial charge on any atom is 0.245 e. The topological polar surface area (TPSA) is 493 Å². The van der Waals surface area contributed by atoms with E-state index in [1.165, 1.54) is 0 Å². The summed E-state index contributed by atoms with van der Waals surface area (Å²) in [6, 6.07) is 0. The van der Waals surface area contributed by atoms with E-state index in [4.69, 9.17) is 61.6 Å². The van der Waals surface area contributed by atoms with Crippen LogP contribution in [0.15, 0.2) is 12.7 Å². The van der Waals surface area contributed by atoms with Crippen molar-refractivity contribution < 1.29 is 153 Å². The number of hydrogen-bond acceptors (Lipinski definition) is 31. The smallest absolute Gasteiger partial charge is 0.245 e. The highest BCUT2D eigenvalue weighted by atomic mass is 16.8. The summed E-state index contributed by atoms with van der Waals surface area (Å²) < 4.78 is 74.7. The van der Waals surface area contributed by atoms with Gasteiger partial charge in [0, 0.05) is 0 Å². The van der Waals surface area contributed by atoms with Crippen molar-refractivity contribution in [3.8, 4) is 0 Å². The van der Waals surface area contributed by atoms with Crippen molar-refractivity contribution in [3.05, 3.63) is 12.7 Å². The molecule has 0 unspecified atom stereocenters. The first kappa shape index (κ1) is 57.7. The lowest BCUT2D eigenvalue weighted by molar-refractivity contribution is -0.405. The fourth-order valence-electron chi connectivity index (χ4n) is 9.38. The maximum atomic E-state index is 12.0. The van der Waals surface area contributed by atoms with E-state index in [0.29, 0.717) is 0 Å². The van der Waals surface area contributed by atoms with Gasteiger partial charge < -0.3 is 154 Å². The van der Waals surface area contributed by atoms with Gasteiger partial charge in [-0.3, -0.25) is 4.79 Å². The molecule has 22 aliphatic rings. The lowest BCUT2D eigenvalue weighted by Crippen LogP contribution is -2.69. The monoisotopic (exact) mass is 1060 g/mol. The minimum atomic E-state index is -2.18. The molecule has 1 amide bonds. The molecule has 0 saturated carbocycles. The van der Waals surface area contributed by atoms with Gasteiger partial charge in [0.2, 0.25) is 5.91 Å².